The second-order valence-electron chi connectivity index (χ2n) is 12.5. The first-order chi connectivity index (χ1) is 26.4. The van der Waals surface area contributed by atoms with Gasteiger partial charge in [-0.15, -0.1) is 0 Å². The summed E-state index contributed by atoms with van der Waals surface area (Å²) in [4.78, 5) is 30.8. The predicted octanol–water partition coefficient (Wildman–Crippen LogP) is 6.52. The van der Waals surface area contributed by atoms with Gasteiger partial charge < -0.3 is 38.2 Å². The van der Waals surface area contributed by atoms with Gasteiger partial charge in [0.25, 0.3) is 11.8 Å². The lowest BCUT2D eigenvalue weighted by Gasteiger charge is -2.26. The Morgan fingerprint density at radius 1 is 0.500 bits per heavy atom. The summed E-state index contributed by atoms with van der Waals surface area (Å²) in [5, 5.41) is 0. The zero-order valence-electron chi connectivity index (χ0n) is 31.8. The molecule has 0 N–H and O–H groups in total. The number of benzene rings is 4. The summed E-state index contributed by atoms with van der Waals surface area (Å²) in [6.07, 6.45) is -0.445. The summed E-state index contributed by atoms with van der Waals surface area (Å²) < 4.78 is 32.9. The van der Waals surface area contributed by atoms with Crippen LogP contribution in [0.3, 0.4) is 0 Å². The van der Waals surface area contributed by atoms with Crippen LogP contribution in [-0.2, 0) is 28.4 Å². The van der Waals surface area contributed by atoms with E-state index >= 15 is 0 Å². The van der Waals surface area contributed by atoms with Crippen molar-refractivity contribution in [1.82, 2.24) is 0 Å². The fraction of sp³-hybridized carbons (Fsp3) is 0.364. The Balaban J connectivity index is 1.40. The molecule has 10 heteroatoms. The van der Waals surface area contributed by atoms with Crippen LogP contribution in [-0.4, -0.2) is 104 Å². The average molecular weight is 737 g/mol. The second-order valence-corrected chi connectivity index (χ2v) is 12.5. The number of ether oxygens (including phenoxy) is 6. The third-order valence-electron chi connectivity index (χ3n) is 8.24. The molecule has 4 rings (SSSR count). The van der Waals surface area contributed by atoms with Crippen molar-refractivity contribution < 1.29 is 38.0 Å². The maximum absolute atomic E-state index is 13.8. The number of carbonyl (C=O) groups excluding carboxylic acids is 2. The maximum atomic E-state index is 13.8. The number of methoxy groups -OCH3 is 2. The maximum Gasteiger partial charge on any atom is 0.258 e. The van der Waals surface area contributed by atoms with Crippen LogP contribution >= 0.6 is 0 Å². The van der Waals surface area contributed by atoms with E-state index in [0.29, 0.717) is 77.1 Å². The van der Waals surface area contributed by atoms with Crippen molar-refractivity contribution in [3.05, 3.63) is 131 Å². The van der Waals surface area contributed by atoms with E-state index in [-0.39, 0.29) is 24.0 Å². The first kappa shape index (κ1) is 41.9. The fourth-order valence-electron chi connectivity index (χ4n) is 5.40. The van der Waals surface area contributed by atoms with Gasteiger partial charge in [-0.1, -0.05) is 48.2 Å². The third-order valence-corrected chi connectivity index (χ3v) is 8.24. The molecule has 0 heterocycles. The minimum atomic E-state index is -0.231. The van der Waals surface area contributed by atoms with Gasteiger partial charge in [0.05, 0.1) is 78.2 Å². The van der Waals surface area contributed by atoms with Crippen LogP contribution in [0.4, 0.5) is 11.4 Å². The van der Waals surface area contributed by atoms with Gasteiger partial charge in [0.1, 0.15) is 0 Å². The number of carbonyl (C=O) groups is 2. The zero-order chi connectivity index (χ0) is 38.4. The quantitative estimate of drug-likeness (QED) is 0.0666. The molecule has 0 saturated carbocycles. The molecule has 0 radical (unpaired) electrons. The predicted molar refractivity (Wildman–Crippen MR) is 211 cm³/mol. The molecule has 0 fully saturated rings. The molecule has 0 aliphatic heterocycles. The van der Waals surface area contributed by atoms with E-state index in [4.69, 9.17) is 28.4 Å². The van der Waals surface area contributed by atoms with Crippen LogP contribution < -0.4 is 9.80 Å². The summed E-state index contributed by atoms with van der Waals surface area (Å²) in [5.74, 6) is 6.15. The third kappa shape index (κ3) is 14.2. The Morgan fingerprint density at radius 3 is 1.35 bits per heavy atom. The summed E-state index contributed by atoms with van der Waals surface area (Å²) in [7, 11) is 3.27. The van der Waals surface area contributed by atoms with Crippen LogP contribution in [0.1, 0.15) is 45.7 Å². The molecule has 0 aliphatic rings. The molecule has 4 aromatic carbocycles. The largest absolute Gasteiger partial charge is 0.382 e. The Labute approximate surface area is 319 Å². The molecule has 4 aromatic rings. The molecule has 0 aromatic heterocycles. The summed E-state index contributed by atoms with van der Waals surface area (Å²) in [6.45, 7) is 8.43. The minimum absolute atomic E-state index is 0.119. The molecule has 286 valence electrons. The van der Waals surface area contributed by atoms with Gasteiger partial charge >= 0.3 is 0 Å². The highest BCUT2D eigenvalue weighted by atomic mass is 16.5. The van der Waals surface area contributed by atoms with Crippen LogP contribution in [0.25, 0.3) is 0 Å². The van der Waals surface area contributed by atoms with E-state index in [1.54, 1.807) is 48.3 Å². The smallest absolute Gasteiger partial charge is 0.258 e. The monoisotopic (exact) mass is 736 g/mol. The van der Waals surface area contributed by atoms with E-state index in [9.17, 15) is 9.59 Å². The van der Waals surface area contributed by atoms with Crippen molar-refractivity contribution in [2.75, 3.05) is 90.0 Å². The topological polar surface area (TPSA) is 96.0 Å². The Bertz CT molecular complexity index is 1720. The highest BCUT2D eigenvalue weighted by molar-refractivity contribution is 6.06. The summed E-state index contributed by atoms with van der Waals surface area (Å²) >= 11 is 0. The van der Waals surface area contributed by atoms with Crippen LogP contribution in [0.2, 0.25) is 0 Å². The van der Waals surface area contributed by atoms with Crippen molar-refractivity contribution in [2.24, 2.45) is 0 Å². The molecule has 2 amide bonds. The number of nitrogens with zero attached hydrogens (tertiary/aromatic N) is 2. The van der Waals surface area contributed by atoms with Crippen LogP contribution in [0, 0.1) is 11.8 Å². The van der Waals surface area contributed by atoms with E-state index in [1.165, 1.54) is 0 Å². The molecule has 0 bridgehead atoms. The van der Waals surface area contributed by atoms with Crippen LogP contribution in [0.15, 0.2) is 109 Å². The van der Waals surface area contributed by atoms with Gasteiger partial charge in [0.2, 0.25) is 0 Å². The van der Waals surface area contributed by atoms with Crippen molar-refractivity contribution in [3.8, 4) is 11.8 Å². The number of amides is 2. The summed E-state index contributed by atoms with van der Waals surface area (Å²) in [6, 6.07) is 33.6. The van der Waals surface area contributed by atoms with Gasteiger partial charge in [-0.3, -0.25) is 9.59 Å². The lowest BCUT2D eigenvalue weighted by atomic mass is 10.1. The molecule has 0 saturated heterocycles. The number of para-hydroxylation sites is 1. The van der Waals surface area contributed by atoms with Crippen LogP contribution in [0.5, 0.6) is 0 Å². The molecule has 10 nitrogen and oxygen atoms in total. The van der Waals surface area contributed by atoms with Crippen molar-refractivity contribution in [2.45, 2.75) is 26.1 Å². The second kappa shape index (κ2) is 23.7. The highest BCUT2D eigenvalue weighted by Gasteiger charge is 2.22. The molecule has 0 unspecified atom stereocenters. The molecule has 0 aliphatic carbocycles. The standard InChI is InChI=1S/C44H52N2O8/c1-35(53-31-29-51-27-25-49-3)33-45(41-13-9-6-10-14-41)44(48)40-21-17-37(18-22-40)15-16-38-19-23-42(24-20-38)46(43(47)39-11-7-5-8-12-39)34-36(2)54-32-30-52-28-26-50-4/h5-14,17-24,35-36H,25-34H2,1-4H3/t35-,36-/m0/s1. The number of hydrogen-bond donors (Lipinski definition) is 0. The van der Waals surface area contributed by atoms with Gasteiger partial charge in [0, 0.05) is 47.8 Å². The molecule has 2 atom stereocenters. The minimum Gasteiger partial charge on any atom is -0.382 e. The first-order valence-corrected chi connectivity index (χ1v) is 18.2. The van der Waals surface area contributed by atoms with Gasteiger partial charge in [-0.2, -0.15) is 0 Å². The van der Waals surface area contributed by atoms with Gasteiger partial charge in [-0.05, 0) is 86.6 Å². The highest BCUT2D eigenvalue weighted by Crippen LogP contribution is 2.21. The zero-order valence-corrected chi connectivity index (χ0v) is 31.8. The summed E-state index contributed by atoms with van der Waals surface area (Å²) in [5.41, 5.74) is 4.22. The molecular formula is C44H52N2O8. The van der Waals surface area contributed by atoms with E-state index in [0.717, 1.165) is 22.5 Å². The molecule has 0 spiro atoms. The molecular weight excluding hydrogens is 684 g/mol. The van der Waals surface area contributed by atoms with Crippen molar-refractivity contribution in [1.29, 1.82) is 0 Å². The van der Waals surface area contributed by atoms with E-state index in [1.807, 2.05) is 98.8 Å². The number of hydrogen-bond acceptors (Lipinski definition) is 8. The lowest BCUT2D eigenvalue weighted by Crippen LogP contribution is -2.38. The van der Waals surface area contributed by atoms with Gasteiger partial charge in [-0.25, -0.2) is 0 Å². The Kier molecular flexibility index (Phi) is 18.4. The average Bonchev–Trinajstić information content (AvgIpc) is 3.21. The lowest BCUT2D eigenvalue weighted by molar-refractivity contribution is 0.00196. The van der Waals surface area contributed by atoms with E-state index in [2.05, 4.69) is 11.8 Å². The first-order valence-electron chi connectivity index (χ1n) is 18.2. The fourth-order valence-corrected chi connectivity index (χ4v) is 5.40. The van der Waals surface area contributed by atoms with Crippen molar-refractivity contribution in [3.63, 3.8) is 0 Å². The number of anilines is 2. The SMILES string of the molecule is COCCOCCO[C@@H](C)CN(C(=O)c1ccc(C#Cc2ccc(N(C[C@H](C)OCCOCCOC)C(=O)c3ccccc3)cc2)cc1)c1ccccc1. The molecule has 54 heavy (non-hydrogen) atoms. The normalized spacial score (nSPS) is 12.0. The number of rotatable bonds is 22. The Hall–Kier alpha value is -4.86. The van der Waals surface area contributed by atoms with Crippen molar-refractivity contribution >= 4 is 23.2 Å². The van der Waals surface area contributed by atoms with E-state index < -0.39 is 0 Å². The Morgan fingerprint density at radius 2 is 0.889 bits per heavy atom. The van der Waals surface area contributed by atoms with Gasteiger partial charge in [0.15, 0.2) is 0 Å².